The van der Waals surface area contributed by atoms with Crippen molar-refractivity contribution in [3.63, 3.8) is 0 Å². The average molecular weight is 323 g/mol. The van der Waals surface area contributed by atoms with Crippen LogP contribution >= 0.6 is 23.2 Å². The summed E-state index contributed by atoms with van der Waals surface area (Å²) < 4.78 is 1.92. The lowest BCUT2D eigenvalue weighted by Gasteiger charge is -2.00. The number of carbonyl (C=O) groups excluding carboxylic acids is 1. The second-order valence-electron chi connectivity index (χ2n) is 4.73. The van der Waals surface area contributed by atoms with Gasteiger partial charge in [-0.05, 0) is 51.1 Å². The number of ketones is 1. The number of halogens is 2. The molecule has 0 bridgehead atoms. The molecule has 0 saturated heterocycles. The van der Waals surface area contributed by atoms with Crippen molar-refractivity contribution in [1.29, 1.82) is 0 Å². The second kappa shape index (κ2) is 6.46. The molecule has 0 spiro atoms. The van der Waals surface area contributed by atoms with Gasteiger partial charge in [-0.2, -0.15) is 5.10 Å². The van der Waals surface area contributed by atoms with Crippen LogP contribution in [0.3, 0.4) is 0 Å². The van der Waals surface area contributed by atoms with Crippen molar-refractivity contribution in [2.75, 3.05) is 0 Å². The molecule has 0 unspecified atom stereocenters. The third-order valence-corrected chi connectivity index (χ3v) is 4.08. The maximum absolute atomic E-state index is 12.2. The number of nitrogens with zero attached hydrogens (tertiary/aromatic N) is 2. The smallest absolute Gasteiger partial charge is 0.185 e. The summed E-state index contributed by atoms with van der Waals surface area (Å²) in [4.78, 5) is 12.2. The van der Waals surface area contributed by atoms with Crippen LogP contribution in [0.1, 0.15) is 34.2 Å². The minimum Gasteiger partial charge on any atom is -0.289 e. The Balaban J connectivity index is 2.26. The molecule has 0 amide bonds. The van der Waals surface area contributed by atoms with Crippen molar-refractivity contribution < 1.29 is 4.79 Å². The Labute approximate surface area is 134 Å². The van der Waals surface area contributed by atoms with Gasteiger partial charge in [-0.15, -0.1) is 0 Å². The number of aryl methyl sites for hydroxylation is 2. The Morgan fingerprint density at radius 3 is 2.57 bits per heavy atom. The molecule has 0 atom stereocenters. The number of hydrogen-bond donors (Lipinski definition) is 0. The van der Waals surface area contributed by atoms with Crippen LogP contribution in [-0.4, -0.2) is 15.6 Å². The highest BCUT2D eigenvalue weighted by Crippen LogP contribution is 2.23. The molecule has 2 aromatic rings. The summed E-state index contributed by atoms with van der Waals surface area (Å²) in [7, 11) is 0. The Kier molecular flexibility index (Phi) is 4.86. The third-order valence-electron chi connectivity index (χ3n) is 3.34. The largest absolute Gasteiger partial charge is 0.289 e. The average Bonchev–Trinajstić information content (AvgIpc) is 2.73. The molecule has 5 heteroatoms. The monoisotopic (exact) mass is 322 g/mol. The van der Waals surface area contributed by atoms with E-state index in [0.717, 1.165) is 23.5 Å². The van der Waals surface area contributed by atoms with Gasteiger partial charge in [0.1, 0.15) is 0 Å². The van der Waals surface area contributed by atoms with Gasteiger partial charge in [0, 0.05) is 23.4 Å². The summed E-state index contributed by atoms with van der Waals surface area (Å²) in [5.74, 6) is -0.114. The lowest BCUT2D eigenvalue weighted by molar-refractivity contribution is 0.104. The fraction of sp³-hybridized carbons (Fsp3) is 0.250. The summed E-state index contributed by atoms with van der Waals surface area (Å²) in [6.07, 6.45) is 3.34. The van der Waals surface area contributed by atoms with E-state index < -0.39 is 0 Å². The highest BCUT2D eigenvalue weighted by Gasteiger charge is 2.09. The molecule has 0 aliphatic heterocycles. The highest BCUT2D eigenvalue weighted by molar-refractivity contribution is 6.42. The van der Waals surface area contributed by atoms with Crippen molar-refractivity contribution in [2.45, 2.75) is 27.3 Å². The molecule has 0 saturated carbocycles. The van der Waals surface area contributed by atoms with Crippen LogP contribution in [0, 0.1) is 13.8 Å². The van der Waals surface area contributed by atoms with Crippen molar-refractivity contribution in [3.8, 4) is 0 Å². The molecule has 0 aliphatic carbocycles. The zero-order chi connectivity index (χ0) is 15.6. The molecule has 1 aromatic heterocycles. The van der Waals surface area contributed by atoms with E-state index in [1.807, 2.05) is 25.5 Å². The van der Waals surface area contributed by atoms with E-state index in [4.69, 9.17) is 23.2 Å². The van der Waals surface area contributed by atoms with Crippen molar-refractivity contribution in [2.24, 2.45) is 0 Å². The van der Waals surface area contributed by atoms with Crippen LogP contribution < -0.4 is 0 Å². The molecule has 0 fully saturated rings. The van der Waals surface area contributed by atoms with Gasteiger partial charge in [0.05, 0.1) is 15.7 Å². The maximum atomic E-state index is 12.2. The number of aromatic nitrogens is 2. The van der Waals surface area contributed by atoms with Crippen LogP contribution in [0.5, 0.6) is 0 Å². The summed E-state index contributed by atoms with van der Waals surface area (Å²) >= 11 is 11.8. The third kappa shape index (κ3) is 3.36. The summed E-state index contributed by atoms with van der Waals surface area (Å²) in [5.41, 5.74) is 3.45. The topological polar surface area (TPSA) is 34.9 Å². The van der Waals surface area contributed by atoms with Crippen LogP contribution in [0.15, 0.2) is 24.3 Å². The van der Waals surface area contributed by atoms with Crippen molar-refractivity contribution in [3.05, 3.63) is 56.8 Å². The molecule has 2 rings (SSSR count). The molecule has 3 nitrogen and oxygen atoms in total. The molecule has 0 N–H and O–H groups in total. The van der Waals surface area contributed by atoms with E-state index in [1.165, 1.54) is 6.08 Å². The maximum Gasteiger partial charge on any atom is 0.185 e. The van der Waals surface area contributed by atoms with Crippen LogP contribution in [0.4, 0.5) is 0 Å². The van der Waals surface area contributed by atoms with Gasteiger partial charge in [0.15, 0.2) is 5.78 Å². The summed E-state index contributed by atoms with van der Waals surface area (Å²) in [6, 6.07) is 4.86. The SMILES string of the molecule is CCn1nc(C)c(C=CC(=O)c2ccc(Cl)c(Cl)c2)c1C. The molecule has 0 aliphatic rings. The molecular weight excluding hydrogens is 307 g/mol. The highest BCUT2D eigenvalue weighted by atomic mass is 35.5. The van der Waals surface area contributed by atoms with Crippen molar-refractivity contribution in [1.82, 2.24) is 9.78 Å². The van der Waals surface area contributed by atoms with Crippen molar-refractivity contribution >= 4 is 35.1 Å². The first-order chi connectivity index (χ1) is 9.93. The van der Waals surface area contributed by atoms with Gasteiger partial charge in [0.25, 0.3) is 0 Å². The Bertz CT molecular complexity index is 717. The van der Waals surface area contributed by atoms with Crippen LogP contribution in [0.2, 0.25) is 10.0 Å². The Morgan fingerprint density at radius 1 is 1.29 bits per heavy atom. The lowest BCUT2D eigenvalue weighted by Crippen LogP contribution is -1.98. The number of carbonyl (C=O) groups is 1. The van der Waals surface area contributed by atoms with Gasteiger partial charge < -0.3 is 0 Å². The minimum absolute atomic E-state index is 0.114. The number of hydrogen-bond acceptors (Lipinski definition) is 2. The first-order valence-electron chi connectivity index (χ1n) is 6.65. The first kappa shape index (κ1) is 15.8. The Hall–Kier alpha value is -1.58. The van der Waals surface area contributed by atoms with E-state index in [2.05, 4.69) is 5.10 Å². The van der Waals surface area contributed by atoms with Crippen LogP contribution in [-0.2, 0) is 6.54 Å². The Morgan fingerprint density at radius 2 is 2.00 bits per heavy atom. The molecular formula is C16H16Cl2N2O. The molecule has 21 heavy (non-hydrogen) atoms. The number of rotatable bonds is 4. The van der Waals surface area contributed by atoms with E-state index in [1.54, 1.807) is 24.3 Å². The zero-order valence-corrected chi connectivity index (χ0v) is 13.7. The predicted octanol–water partition coefficient (Wildman–Crippen LogP) is 4.72. The predicted molar refractivity (Wildman–Crippen MR) is 87.2 cm³/mol. The van der Waals surface area contributed by atoms with E-state index in [-0.39, 0.29) is 5.78 Å². The summed E-state index contributed by atoms with van der Waals surface area (Å²) in [5, 5.41) is 5.24. The number of benzene rings is 1. The normalized spacial score (nSPS) is 11.3. The van der Waals surface area contributed by atoms with Gasteiger partial charge in [-0.1, -0.05) is 23.2 Å². The first-order valence-corrected chi connectivity index (χ1v) is 7.41. The fourth-order valence-electron chi connectivity index (χ4n) is 2.16. The zero-order valence-electron chi connectivity index (χ0n) is 12.2. The van der Waals surface area contributed by atoms with E-state index in [0.29, 0.717) is 15.6 Å². The van der Waals surface area contributed by atoms with Crippen LogP contribution in [0.25, 0.3) is 6.08 Å². The van der Waals surface area contributed by atoms with Gasteiger partial charge >= 0.3 is 0 Å². The van der Waals surface area contributed by atoms with E-state index >= 15 is 0 Å². The van der Waals surface area contributed by atoms with Gasteiger partial charge in [-0.3, -0.25) is 9.48 Å². The molecule has 1 aromatic carbocycles. The molecule has 110 valence electrons. The second-order valence-corrected chi connectivity index (χ2v) is 5.54. The molecule has 1 heterocycles. The lowest BCUT2D eigenvalue weighted by atomic mass is 10.1. The quantitative estimate of drug-likeness (QED) is 0.602. The summed E-state index contributed by atoms with van der Waals surface area (Å²) in [6.45, 7) is 6.77. The minimum atomic E-state index is -0.114. The van der Waals surface area contributed by atoms with Gasteiger partial charge in [-0.25, -0.2) is 0 Å². The van der Waals surface area contributed by atoms with Gasteiger partial charge in [0.2, 0.25) is 0 Å². The van der Waals surface area contributed by atoms with E-state index in [9.17, 15) is 4.79 Å². The number of allylic oxidation sites excluding steroid dienone is 1. The standard InChI is InChI=1S/C16H16Cl2N2O/c1-4-20-11(3)13(10(2)19-20)6-8-16(21)12-5-7-14(17)15(18)9-12/h5-9H,4H2,1-3H3. The fourth-order valence-corrected chi connectivity index (χ4v) is 2.46. The molecule has 0 radical (unpaired) electrons.